The Morgan fingerprint density at radius 2 is 2.21 bits per heavy atom. The molecule has 0 spiro atoms. The molecule has 2 aromatic rings. The van der Waals surface area contributed by atoms with E-state index in [-0.39, 0.29) is 10.9 Å². The van der Waals surface area contributed by atoms with Crippen LogP contribution in [0.4, 0.5) is 0 Å². The van der Waals surface area contributed by atoms with E-state index in [1.165, 1.54) is 10.6 Å². The van der Waals surface area contributed by atoms with Crippen LogP contribution in [0, 0.1) is 0 Å². The topological polar surface area (TPSA) is 88.0 Å². The lowest BCUT2D eigenvalue weighted by Gasteiger charge is -2.07. The highest BCUT2D eigenvalue weighted by Gasteiger charge is 2.15. The quantitative estimate of drug-likeness (QED) is 0.842. The van der Waals surface area contributed by atoms with Gasteiger partial charge >= 0.3 is 11.7 Å². The Morgan fingerprint density at radius 1 is 1.47 bits per heavy atom. The minimum atomic E-state index is -1.01. The van der Waals surface area contributed by atoms with Crippen molar-refractivity contribution in [3.05, 3.63) is 38.7 Å². The summed E-state index contributed by atoms with van der Waals surface area (Å²) >= 11 is 12.8. The molecule has 0 aliphatic carbocycles. The molecule has 0 amide bonds. The number of aliphatic carboxylic acids is 1. The molecule has 1 heterocycles. The fourth-order valence-electron chi connectivity index (χ4n) is 1.38. The Balaban J connectivity index is 2.49. The summed E-state index contributed by atoms with van der Waals surface area (Å²) in [5.74, 6) is -1.23. The van der Waals surface area contributed by atoms with Gasteiger partial charge in [0.25, 0.3) is 0 Å². The number of carboxylic acid groups (broad SMARTS) is 1. The van der Waals surface area contributed by atoms with Crippen molar-refractivity contribution in [2.24, 2.45) is 0 Å². The molecule has 1 aromatic heterocycles. The van der Waals surface area contributed by atoms with Crippen LogP contribution >= 0.6 is 35.0 Å². The first kappa shape index (κ1) is 14.0. The molecule has 9 heteroatoms. The number of nitrogens with one attached hydrogen (secondary N) is 1. The van der Waals surface area contributed by atoms with E-state index >= 15 is 0 Å². The number of hydrogen-bond donors (Lipinski definition) is 2. The van der Waals surface area contributed by atoms with Crippen molar-refractivity contribution in [3.63, 3.8) is 0 Å². The van der Waals surface area contributed by atoms with Gasteiger partial charge in [0.1, 0.15) is 0 Å². The Bertz CT molecular complexity index is 683. The van der Waals surface area contributed by atoms with Crippen LogP contribution in [0.2, 0.25) is 10.0 Å². The zero-order valence-corrected chi connectivity index (χ0v) is 11.6. The number of aromatic nitrogens is 3. The van der Waals surface area contributed by atoms with E-state index in [1.807, 2.05) is 0 Å². The second-order valence-electron chi connectivity index (χ2n) is 3.42. The molecule has 1 aromatic carbocycles. The van der Waals surface area contributed by atoms with Gasteiger partial charge in [0, 0.05) is 5.02 Å². The van der Waals surface area contributed by atoms with Gasteiger partial charge in [-0.15, -0.1) is 5.10 Å². The first-order chi connectivity index (χ1) is 8.99. The number of halogens is 2. The molecule has 0 aliphatic heterocycles. The molecule has 0 atom stereocenters. The maximum absolute atomic E-state index is 11.7. The van der Waals surface area contributed by atoms with Gasteiger partial charge in [0.05, 0.1) is 16.5 Å². The summed E-state index contributed by atoms with van der Waals surface area (Å²) < 4.78 is 1.18. The van der Waals surface area contributed by atoms with Gasteiger partial charge in [0.2, 0.25) is 0 Å². The molecule has 0 saturated heterocycles. The standard InChI is InChI=1S/C10H7Cl2N3O3S/c11-5-1-2-6(12)7(3-5)15-9(18)13-14-10(15)19-4-8(16)17/h1-3H,4H2,(H,13,18)(H,16,17). The third-order valence-electron chi connectivity index (χ3n) is 2.12. The van der Waals surface area contributed by atoms with Crippen molar-refractivity contribution < 1.29 is 9.90 Å². The number of hydrogen-bond acceptors (Lipinski definition) is 4. The van der Waals surface area contributed by atoms with Crippen LogP contribution in [-0.4, -0.2) is 31.6 Å². The summed E-state index contributed by atoms with van der Waals surface area (Å²) in [6.45, 7) is 0. The Labute approximate surface area is 121 Å². The summed E-state index contributed by atoms with van der Waals surface area (Å²) in [4.78, 5) is 22.3. The van der Waals surface area contributed by atoms with Crippen LogP contribution in [-0.2, 0) is 4.79 Å². The first-order valence-corrected chi connectivity index (χ1v) is 6.70. The van der Waals surface area contributed by atoms with Gasteiger partial charge in [0.15, 0.2) is 5.16 Å². The number of aromatic amines is 1. The second-order valence-corrected chi connectivity index (χ2v) is 5.21. The third kappa shape index (κ3) is 3.12. The van der Waals surface area contributed by atoms with E-state index in [4.69, 9.17) is 28.3 Å². The van der Waals surface area contributed by atoms with Gasteiger partial charge in [-0.25, -0.2) is 14.5 Å². The van der Waals surface area contributed by atoms with Gasteiger partial charge in [-0.3, -0.25) is 4.79 Å². The van der Waals surface area contributed by atoms with Crippen molar-refractivity contribution in [2.45, 2.75) is 5.16 Å². The number of nitrogens with zero attached hydrogens (tertiary/aromatic N) is 2. The van der Waals surface area contributed by atoms with Crippen LogP contribution in [0.25, 0.3) is 5.69 Å². The minimum Gasteiger partial charge on any atom is -0.481 e. The highest BCUT2D eigenvalue weighted by molar-refractivity contribution is 7.99. The van der Waals surface area contributed by atoms with Crippen molar-refractivity contribution in [1.29, 1.82) is 0 Å². The van der Waals surface area contributed by atoms with E-state index < -0.39 is 11.7 Å². The van der Waals surface area contributed by atoms with Crippen LogP contribution in [0.3, 0.4) is 0 Å². The molecule has 2 rings (SSSR count). The van der Waals surface area contributed by atoms with Gasteiger partial charge in [-0.2, -0.15) is 0 Å². The van der Waals surface area contributed by atoms with Crippen LogP contribution < -0.4 is 5.69 Å². The largest absolute Gasteiger partial charge is 0.481 e. The highest BCUT2D eigenvalue weighted by atomic mass is 35.5. The lowest BCUT2D eigenvalue weighted by Crippen LogP contribution is -2.16. The van der Waals surface area contributed by atoms with Crippen molar-refractivity contribution in [1.82, 2.24) is 14.8 Å². The third-order valence-corrected chi connectivity index (χ3v) is 3.59. The Morgan fingerprint density at radius 3 is 2.89 bits per heavy atom. The number of rotatable bonds is 4. The highest BCUT2D eigenvalue weighted by Crippen LogP contribution is 2.26. The van der Waals surface area contributed by atoms with Gasteiger partial charge < -0.3 is 5.11 Å². The first-order valence-electron chi connectivity index (χ1n) is 4.96. The molecule has 0 saturated carbocycles. The average molecular weight is 320 g/mol. The van der Waals surface area contributed by atoms with Crippen LogP contribution in [0.1, 0.15) is 0 Å². The predicted octanol–water partition coefficient (Wildman–Crippen LogP) is 2.04. The fourth-order valence-corrected chi connectivity index (χ4v) is 2.42. The monoisotopic (exact) mass is 319 g/mol. The molecule has 0 fully saturated rings. The lowest BCUT2D eigenvalue weighted by molar-refractivity contribution is -0.133. The van der Waals surface area contributed by atoms with Crippen LogP contribution in [0.5, 0.6) is 0 Å². The average Bonchev–Trinajstić information content (AvgIpc) is 2.71. The van der Waals surface area contributed by atoms with Crippen LogP contribution in [0.15, 0.2) is 28.2 Å². The maximum Gasteiger partial charge on any atom is 0.348 e. The summed E-state index contributed by atoms with van der Waals surface area (Å²) in [6.07, 6.45) is 0. The molecule has 19 heavy (non-hydrogen) atoms. The lowest BCUT2D eigenvalue weighted by atomic mass is 10.3. The van der Waals surface area contributed by atoms with E-state index in [0.717, 1.165) is 11.8 Å². The van der Waals surface area contributed by atoms with Gasteiger partial charge in [-0.05, 0) is 18.2 Å². The second kappa shape index (κ2) is 5.68. The molecule has 0 aliphatic rings. The van der Waals surface area contributed by atoms with Crippen molar-refractivity contribution in [3.8, 4) is 5.69 Å². The normalized spacial score (nSPS) is 10.6. The Kier molecular flexibility index (Phi) is 4.18. The molecule has 0 unspecified atom stereocenters. The van der Waals surface area contributed by atoms with Crippen molar-refractivity contribution in [2.75, 3.05) is 5.75 Å². The molecular formula is C10H7Cl2N3O3S. The number of thioether (sulfide) groups is 1. The number of carboxylic acids is 1. The molecular weight excluding hydrogens is 313 g/mol. The number of benzene rings is 1. The van der Waals surface area contributed by atoms with E-state index in [0.29, 0.717) is 15.7 Å². The molecule has 2 N–H and O–H groups in total. The van der Waals surface area contributed by atoms with E-state index in [1.54, 1.807) is 12.1 Å². The van der Waals surface area contributed by atoms with E-state index in [2.05, 4.69) is 10.2 Å². The number of carbonyl (C=O) groups is 1. The zero-order chi connectivity index (χ0) is 14.0. The predicted molar refractivity (Wildman–Crippen MR) is 72.6 cm³/mol. The molecule has 0 bridgehead atoms. The minimum absolute atomic E-state index is 0.205. The summed E-state index contributed by atoms with van der Waals surface area (Å²) in [5.41, 5.74) is -0.169. The summed E-state index contributed by atoms with van der Waals surface area (Å²) in [7, 11) is 0. The summed E-state index contributed by atoms with van der Waals surface area (Å²) in [6, 6.07) is 4.64. The SMILES string of the molecule is O=C(O)CSc1n[nH]c(=O)n1-c1cc(Cl)ccc1Cl. The molecule has 0 radical (unpaired) electrons. The smallest absolute Gasteiger partial charge is 0.348 e. The Hall–Kier alpha value is -1.44. The molecule has 6 nitrogen and oxygen atoms in total. The maximum atomic E-state index is 11.7. The fraction of sp³-hybridized carbons (Fsp3) is 0.100. The zero-order valence-electron chi connectivity index (χ0n) is 9.26. The van der Waals surface area contributed by atoms with Crippen molar-refractivity contribution >= 4 is 40.9 Å². The summed E-state index contributed by atoms with van der Waals surface area (Å²) in [5, 5.41) is 15.6. The molecule has 100 valence electrons. The van der Waals surface area contributed by atoms with E-state index in [9.17, 15) is 9.59 Å². The van der Waals surface area contributed by atoms with Gasteiger partial charge in [-0.1, -0.05) is 35.0 Å². The number of H-pyrrole nitrogens is 1.